The molecule has 2 atom stereocenters. The summed E-state index contributed by atoms with van der Waals surface area (Å²) in [6.45, 7) is 5.02. The van der Waals surface area contributed by atoms with Crippen molar-refractivity contribution in [3.63, 3.8) is 0 Å². The van der Waals surface area contributed by atoms with Crippen LogP contribution in [0, 0.1) is 0 Å². The number of amides is 1. The summed E-state index contributed by atoms with van der Waals surface area (Å²) in [6, 6.07) is 12.6. The van der Waals surface area contributed by atoms with Gasteiger partial charge in [0.1, 0.15) is 0 Å². The molecule has 2 unspecified atom stereocenters. The molecule has 1 N–H and O–H groups in total. The number of hydrogen-bond donors (Lipinski definition) is 1. The maximum atomic E-state index is 13.0. The number of ether oxygens (including phenoxy) is 3. The molecule has 0 heterocycles. The smallest absolute Gasteiger partial charge is 0.337 e. The van der Waals surface area contributed by atoms with Gasteiger partial charge in [0.25, 0.3) is 5.91 Å². The van der Waals surface area contributed by atoms with E-state index in [1.165, 1.54) is 7.11 Å². The molecule has 1 fully saturated rings. The number of esters is 1. The zero-order chi connectivity index (χ0) is 22.2. The molecular formula is C25H31NO5. The van der Waals surface area contributed by atoms with Crippen molar-refractivity contribution in [3.05, 3.63) is 59.2 Å². The van der Waals surface area contributed by atoms with E-state index >= 15 is 0 Å². The molecule has 1 aliphatic carbocycles. The summed E-state index contributed by atoms with van der Waals surface area (Å²) in [7, 11) is 1.33. The van der Waals surface area contributed by atoms with Crippen LogP contribution in [0.1, 0.15) is 71.7 Å². The van der Waals surface area contributed by atoms with Crippen molar-refractivity contribution >= 4 is 11.9 Å². The molecule has 2 aromatic rings. The second-order valence-corrected chi connectivity index (χ2v) is 7.58. The predicted molar refractivity (Wildman–Crippen MR) is 119 cm³/mol. The summed E-state index contributed by atoms with van der Waals surface area (Å²) in [6.07, 6.45) is 4.00. The first-order valence-corrected chi connectivity index (χ1v) is 11.0. The molecule has 6 heteroatoms. The van der Waals surface area contributed by atoms with E-state index in [1.54, 1.807) is 24.3 Å². The van der Waals surface area contributed by atoms with Crippen LogP contribution >= 0.6 is 0 Å². The van der Waals surface area contributed by atoms with E-state index in [9.17, 15) is 9.59 Å². The third-order valence-corrected chi connectivity index (χ3v) is 5.63. The number of carbonyl (C=O) groups excluding carboxylic acids is 2. The molecule has 1 aliphatic rings. The van der Waals surface area contributed by atoms with Crippen molar-refractivity contribution in [2.45, 2.75) is 51.5 Å². The first kappa shape index (κ1) is 22.7. The third kappa shape index (κ3) is 5.37. The largest absolute Gasteiger partial charge is 0.490 e. The van der Waals surface area contributed by atoms with Crippen molar-refractivity contribution in [1.82, 2.24) is 5.32 Å². The molecular weight excluding hydrogens is 394 g/mol. The molecule has 0 aliphatic heterocycles. The van der Waals surface area contributed by atoms with Gasteiger partial charge in [0.05, 0.1) is 25.9 Å². The van der Waals surface area contributed by atoms with Crippen LogP contribution in [0.5, 0.6) is 11.5 Å². The minimum absolute atomic E-state index is 0.0286. The highest BCUT2D eigenvalue weighted by atomic mass is 16.5. The number of nitrogens with one attached hydrogen (secondary N) is 1. The minimum atomic E-state index is -0.459. The van der Waals surface area contributed by atoms with Crippen molar-refractivity contribution in [1.29, 1.82) is 0 Å². The van der Waals surface area contributed by atoms with Gasteiger partial charge in [-0.25, -0.2) is 4.79 Å². The Kier molecular flexibility index (Phi) is 7.93. The summed E-state index contributed by atoms with van der Waals surface area (Å²) in [5, 5.41) is 3.20. The summed E-state index contributed by atoms with van der Waals surface area (Å²) < 4.78 is 16.5. The molecule has 0 aromatic heterocycles. The standard InChI is InChI=1S/C25H31NO5/c1-4-30-22-15-9-13-20(23(22)31-5-2)19-12-6-7-14-21(19)26-24(27)17-10-8-11-18(16-17)25(28)29-3/h8-11,13,15-16,19,21H,4-7,12,14H2,1-3H3,(H,26,27). The predicted octanol–water partition coefficient (Wildman–Crippen LogP) is 4.73. The quantitative estimate of drug-likeness (QED) is 0.619. The summed E-state index contributed by atoms with van der Waals surface area (Å²) in [5.41, 5.74) is 1.87. The molecule has 6 nitrogen and oxygen atoms in total. The molecule has 166 valence electrons. The Bertz CT molecular complexity index is 911. The third-order valence-electron chi connectivity index (χ3n) is 5.63. The lowest BCUT2D eigenvalue weighted by Gasteiger charge is -2.34. The Morgan fingerprint density at radius 2 is 1.68 bits per heavy atom. The van der Waals surface area contributed by atoms with Crippen LogP contribution < -0.4 is 14.8 Å². The van der Waals surface area contributed by atoms with Crippen LogP contribution in [0.3, 0.4) is 0 Å². The average molecular weight is 426 g/mol. The summed E-state index contributed by atoms with van der Waals surface area (Å²) in [5.74, 6) is 0.985. The van der Waals surface area contributed by atoms with E-state index in [0.717, 1.165) is 42.7 Å². The van der Waals surface area contributed by atoms with Gasteiger partial charge >= 0.3 is 5.97 Å². The molecule has 0 radical (unpaired) electrons. The van der Waals surface area contributed by atoms with Gasteiger partial charge in [0.2, 0.25) is 0 Å². The van der Waals surface area contributed by atoms with Crippen LogP contribution in [-0.2, 0) is 4.74 Å². The lowest BCUT2D eigenvalue weighted by Crippen LogP contribution is -2.41. The zero-order valence-corrected chi connectivity index (χ0v) is 18.5. The average Bonchev–Trinajstić information content (AvgIpc) is 2.80. The Morgan fingerprint density at radius 1 is 0.968 bits per heavy atom. The van der Waals surface area contributed by atoms with E-state index in [0.29, 0.717) is 24.3 Å². The van der Waals surface area contributed by atoms with Gasteiger partial charge in [-0.15, -0.1) is 0 Å². The van der Waals surface area contributed by atoms with Crippen LogP contribution in [0.15, 0.2) is 42.5 Å². The molecule has 1 amide bonds. The van der Waals surface area contributed by atoms with Gasteiger partial charge in [0, 0.05) is 23.1 Å². The van der Waals surface area contributed by atoms with Crippen molar-refractivity contribution in [3.8, 4) is 11.5 Å². The summed E-state index contributed by atoms with van der Waals surface area (Å²) in [4.78, 5) is 24.8. The Morgan fingerprint density at radius 3 is 2.42 bits per heavy atom. The highest BCUT2D eigenvalue weighted by Gasteiger charge is 2.31. The van der Waals surface area contributed by atoms with Gasteiger partial charge in [-0.05, 0) is 51.0 Å². The second kappa shape index (κ2) is 10.8. The number of benzene rings is 2. The Hall–Kier alpha value is -3.02. The molecule has 3 rings (SSSR count). The second-order valence-electron chi connectivity index (χ2n) is 7.58. The highest BCUT2D eigenvalue weighted by molar-refractivity contribution is 5.98. The Balaban J connectivity index is 1.86. The van der Waals surface area contributed by atoms with Gasteiger partial charge in [-0.2, -0.15) is 0 Å². The van der Waals surface area contributed by atoms with Gasteiger partial charge in [-0.1, -0.05) is 31.0 Å². The normalized spacial score (nSPS) is 18.2. The molecule has 31 heavy (non-hydrogen) atoms. The monoisotopic (exact) mass is 425 g/mol. The molecule has 2 aromatic carbocycles. The number of para-hydroxylation sites is 1. The van der Waals surface area contributed by atoms with E-state index in [-0.39, 0.29) is 17.9 Å². The van der Waals surface area contributed by atoms with Crippen LogP contribution in [0.4, 0.5) is 0 Å². The fourth-order valence-corrected chi connectivity index (χ4v) is 4.23. The van der Waals surface area contributed by atoms with Gasteiger partial charge < -0.3 is 19.5 Å². The lowest BCUT2D eigenvalue weighted by molar-refractivity contribution is 0.0600. The number of methoxy groups -OCH3 is 1. The van der Waals surface area contributed by atoms with Crippen molar-refractivity contribution in [2.24, 2.45) is 0 Å². The van der Waals surface area contributed by atoms with E-state index < -0.39 is 5.97 Å². The fraction of sp³-hybridized carbons (Fsp3) is 0.440. The van der Waals surface area contributed by atoms with Crippen molar-refractivity contribution < 1.29 is 23.8 Å². The highest BCUT2D eigenvalue weighted by Crippen LogP contribution is 2.42. The van der Waals surface area contributed by atoms with Crippen molar-refractivity contribution in [2.75, 3.05) is 20.3 Å². The lowest BCUT2D eigenvalue weighted by atomic mass is 9.79. The van der Waals surface area contributed by atoms with E-state index in [1.807, 2.05) is 26.0 Å². The van der Waals surface area contributed by atoms with Gasteiger partial charge in [-0.3, -0.25) is 4.79 Å². The van der Waals surface area contributed by atoms with E-state index in [4.69, 9.17) is 14.2 Å². The summed E-state index contributed by atoms with van der Waals surface area (Å²) >= 11 is 0. The molecule has 0 saturated heterocycles. The SMILES string of the molecule is CCOc1cccc(C2CCCCC2NC(=O)c2cccc(C(=O)OC)c2)c1OCC. The van der Waals surface area contributed by atoms with Crippen LogP contribution in [0.25, 0.3) is 0 Å². The first-order chi connectivity index (χ1) is 15.1. The Labute approximate surface area is 183 Å². The van der Waals surface area contributed by atoms with E-state index in [2.05, 4.69) is 11.4 Å². The number of hydrogen-bond acceptors (Lipinski definition) is 5. The maximum absolute atomic E-state index is 13.0. The molecule has 0 spiro atoms. The maximum Gasteiger partial charge on any atom is 0.337 e. The fourth-order valence-electron chi connectivity index (χ4n) is 4.23. The van der Waals surface area contributed by atoms with Crippen LogP contribution in [0.2, 0.25) is 0 Å². The zero-order valence-electron chi connectivity index (χ0n) is 18.5. The topological polar surface area (TPSA) is 73.9 Å². The van der Waals surface area contributed by atoms with Crippen LogP contribution in [-0.4, -0.2) is 38.2 Å². The molecule has 0 bridgehead atoms. The number of rotatable bonds is 8. The minimum Gasteiger partial charge on any atom is -0.490 e. The molecule has 1 saturated carbocycles. The number of carbonyl (C=O) groups is 2. The first-order valence-electron chi connectivity index (χ1n) is 11.0. The van der Waals surface area contributed by atoms with Gasteiger partial charge in [0.15, 0.2) is 11.5 Å².